The number of aromatic carboxylic acids is 1. The molecular formula is C19H20ClNO3. The van der Waals surface area contributed by atoms with E-state index in [0.717, 1.165) is 30.8 Å². The summed E-state index contributed by atoms with van der Waals surface area (Å²) < 4.78 is 0. The molecule has 0 unspecified atom stereocenters. The van der Waals surface area contributed by atoms with Gasteiger partial charge in [-0.05, 0) is 36.6 Å². The molecule has 1 fully saturated rings. The van der Waals surface area contributed by atoms with Crippen LogP contribution in [0.4, 0.5) is 0 Å². The molecule has 0 spiro atoms. The number of carbonyl (C=O) groups is 1. The minimum Gasteiger partial charge on any atom is -0.478 e. The Morgan fingerprint density at radius 2 is 1.71 bits per heavy atom. The van der Waals surface area contributed by atoms with Gasteiger partial charge in [-0.3, -0.25) is 4.90 Å². The largest absolute Gasteiger partial charge is 0.478 e. The molecule has 0 amide bonds. The second-order valence-electron chi connectivity index (χ2n) is 6.29. The Kier molecular flexibility index (Phi) is 4.90. The highest BCUT2D eigenvalue weighted by atomic mass is 35.5. The number of carboxylic acids is 1. The van der Waals surface area contributed by atoms with Crippen molar-refractivity contribution in [3.8, 4) is 0 Å². The van der Waals surface area contributed by atoms with Gasteiger partial charge in [0, 0.05) is 30.2 Å². The summed E-state index contributed by atoms with van der Waals surface area (Å²) in [5.74, 6) is -0.913. The standard InChI is InChI=1S/C19H20ClNO3/c20-17-4-2-1-3-16(17)19(24)9-11-21(12-10-19)13-14-5-7-15(8-6-14)18(22)23/h1-8,24H,9-13H2,(H,22,23). The number of likely N-dealkylation sites (tertiary alicyclic amines) is 1. The van der Waals surface area contributed by atoms with Gasteiger partial charge in [0.1, 0.15) is 0 Å². The molecular weight excluding hydrogens is 326 g/mol. The molecule has 3 rings (SSSR count). The first-order chi connectivity index (χ1) is 11.5. The van der Waals surface area contributed by atoms with E-state index >= 15 is 0 Å². The summed E-state index contributed by atoms with van der Waals surface area (Å²) in [6, 6.07) is 14.4. The van der Waals surface area contributed by atoms with Crippen LogP contribution in [0, 0.1) is 0 Å². The Labute approximate surface area is 146 Å². The number of aliphatic hydroxyl groups is 1. The molecule has 2 aromatic carbocycles. The van der Waals surface area contributed by atoms with Crippen LogP contribution in [0.5, 0.6) is 0 Å². The first kappa shape index (κ1) is 17.0. The van der Waals surface area contributed by atoms with E-state index in [-0.39, 0.29) is 0 Å². The van der Waals surface area contributed by atoms with Gasteiger partial charge in [0.05, 0.1) is 11.2 Å². The van der Waals surface area contributed by atoms with Crippen molar-refractivity contribution in [2.45, 2.75) is 25.0 Å². The lowest BCUT2D eigenvalue weighted by molar-refractivity contribution is -0.0276. The average molecular weight is 346 g/mol. The molecule has 0 aliphatic carbocycles. The SMILES string of the molecule is O=C(O)c1ccc(CN2CCC(O)(c3ccccc3Cl)CC2)cc1. The van der Waals surface area contributed by atoms with Gasteiger partial charge in [-0.1, -0.05) is 41.9 Å². The smallest absolute Gasteiger partial charge is 0.335 e. The van der Waals surface area contributed by atoms with E-state index in [9.17, 15) is 9.90 Å². The van der Waals surface area contributed by atoms with Gasteiger partial charge < -0.3 is 10.2 Å². The third kappa shape index (κ3) is 3.61. The molecule has 4 nitrogen and oxygen atoms in total. The fourth-order valence-corrected chi connectivity index (χ4v) is 3.51. The van der Waals surface area contributed by atoms with Crippen LogP contribution in [0.15, 0.2) is 48.5 Å². The van der Waals surface area contributed by atoms with Gasteiger partial charge in [-0.2, -0.15) is 0 Å². The number of piperidine rings is 1. The lowest BCUT2D eigenvalue weighted by Crippen LogP contribution is -2.42. The quantitative estimate of drug-likeness (QED) is 0.890. The second kappa shape index (κ2) is 6.93. The van der Waals surface area contributed by atoms with E-state index in [1.54, 1.807) is 12.1 Å². The van der Waals surface area contributed by atoms with E-state index in [2.05, 4.69) is 4.90 Å². The molecule has 0 bridgehead atoms. The molecule has 0 saturated carbocycles. The number of rotatable bonds is 4. The Morgan fingerprint density at radius 1 is 1.08 bits per heavy atom. The van der Waals surface area contributed by atoms with Gasteiger partial charge in [0.2, 0.25) is 0 Å². The van der Waals surface area contributed by atoms with Gasteiger partial charge in [0.15, 0.2) is 0 Å². The van der Waals surface area contributed by atoms with Crippen LogP contribution in [-0.2, 0) is 12.1 Å². The molecule has 1 heterocycles. The summed E-state index contributed by atoms with van der Waals surface area (Å²) in [5, 5.41) is 20.5. The van der Waals surface area contributed by atoms with Crippen molar-refractivity contribution >= 4 is 17.6 Å². The van der Waals surface area contributed by atoms with Crippen LogP contribution in [0.2, 0.25) is 5.02 Å². The van der Waals surface area contributed by atoms with E-state index in [1.807, 2.05) is 36.4 Å². The zero-order valence-corrected chi connectivity index (χ0v) is 14.0. The van der Waals surface area contributed by atoms with Crippen LogP contribution in [0.3, 0.4) is 0 Å². The predicted octanol–water partition coefficient (Wildman–Crippen LogP) is 3.52. The van der Waals surface area contributed by atoms with Crippen LogP contribution >= 0.6 is 11.6 Å². The average Bonchev–Trinajstić information content (AvgIpc) is 2.58. The monoisotopic (exact) mass is 345 g/mol. The van der Waals surface area contributed by atoms with E-state index < -0.39 is 11.6 Å². The fourth-order valence-electron chi connectivity index (χ4n) is 3.20. The van der Waals surface area contributed by atoms with Crippen molar-refractivity contribution in [3.05, 3.63) is 70.2 Å². The number of halogens is 1. The van der Waals surface area contributed by atoms with Gasteiger partial charge in [-0.25, -0.2) is 4.79 Å². The Hall–Kier alpha value is -1.88. The summed E-state index contributed by atoms with van der Waals surface area (Å²) >= 11 is 6.23. The number of carboxylic acid groups (broad SMARTS) is 1. The molecule has 0 aromatic heterocycles. The highest BCUT2D eigenvalue weighted by Gasteiger charge is 2.35. The second-order valence-corrected chi connectivity index (χ2v) is 6.70. The number of hydrogen-bond acceptors (Lipinski definition) is 3. The van der Waals surface area contributed by atoms with Crippen LogP contribution < -0.4 is 0 Å². The molecule has 0 radical (unpaired) electrons. The lowest BCUT2D eigenvalue weighted by Gasteiger charge is -2.39. The molecule has 126 valence electrons. The summed E-state index contributed by atoms with van der Waals surface area (Å²) in [6.07, 6.45) is 1.26. The van der Waals surface area contributed by atoms with E-state index in [1.165, 1.54) is 0 Å². The summed E-state index contributed by atoms with van der Waals surface area (Å²) in [5.41, 5.74) is 1.30. The third-order valence-electron chi connectivity index (χ3n) is 4.67. The van der Waals surface area contributed by atoms with E-state index in [0.29, 0.717) is 23.4 Å². The van der Waals surface area contributed by atoms with Crippen LogP contribution in [0.25, 0.3) is 0 Å². The van der Waals surface area contributed by atoms with E-state index in [4.69, 9.17) is 16.7 Å². The van der Waals surface area contributed by atoms with Crippen molar-refractivity contribution in [3.63, 3.8) is 0 Å². The first-order valence-corrected chi connectivity index (χ1v) is 8.38. The Bertz CT molecular complexity index is 722. The number of nitrogens with zero attached hydrogens (tertiary/aromatic N) is 1. The van der Waals surface area contributed by atoms with Crippen molar-refractivity contribution in [2.24, 2.45) is 0 Å². The molecule has 0 atom stereocenters. The molecule has 24 heavy (non-hydrogen) atoms. The Morgan fingerprint density at radius 3 is 2.29 bits per heavy atom. The number of benzene rings is 2. The normalized spacial score (nSPS) is 17.6. The maximum atomic E-state index is 10.9. The Balaban J connectivity index is 1.63. The molecule has 1 saturated heterocycles. The summed E-state index contributed by atoms with van der Waals surface area (Å²) in [4.78, 5) is 13.2. The topological polar surface area (TPSA) is 60.8 Å². The molecule has 5 heteroatoms. The minimum atomic E-state index is -0.913. The van der Waals surface area contributed by atoms with Crippen LogP contribution in [0.1, 0.15) is 34.3 Å². The highest BCUT2D eigenvalue weighted by Crippen LogP contribution is 2.36. The van der Waals surface area contributed by atoms with Crippen molar-refractivity contribution in [1.29, 1.82) is 0 Å². The molecule has 2 N–H and O–H groups in total. The zero-order valence-electron chi connectivity index (χ0n) is 13.3. The molecule has 2 aromatic rings. The third-order valence-corrected chi connectivity index (χ3v) is 5.00. The van der Waals surface area contributed by atoms with Gasteiger partial charge in [0.25, 0.3) is 0 Å². The van der Waals surface area contributed by atoms with Gasteiger partial charge in [-0.15, -0.1) is 0 Å². The summed E-state index contributed by atoms with van der Waals surface area (Å²) in [7, 11) is 0. The van der Waals surface area contributed by atoms with Crippen molar-refractivity contribution in [2.75, 3.05) is 13.1 Å². The van der Waals surface area contributed by atoms with Crippen LogP contribution in [-0.4, -0.2) is 34.2 Å². The minimum absolute atomic E-state index is 0.297. The predicted molar refractivity (Wildman–Crippen MR) is 93.3 cm³/mol. The van der Waals surface area contributed by atoms with Gasteiger partial charge >= 0.3 is 5.97 Å². The number of hydrogen-bond donors (Lipinski definition) is 2. The highest BCUT2D eigenvalue weighted by molar-refractivity contribution is 6.31. The molecule has 1 aliphatic heterocycles. The zero-order chi connectivity index (χ0) is 17.2. The molecule has 1 aliphatic rings. The summed E-state index contributed by atoms with van der Waals surface area (Å²) in [6.45, 7) is 2.28. The fraction of sp³-hybridized carbons (Fsp3) is 0.316. The maximum absolute atomic E-state index is 10.9. The first-order valence-electron chi connectivity index (χ1n) is 8.00. The maximum Gasteiger partial charge on any atom is 0.335 e. The lowest BCUT2D eigenvalue weighted by atomic mass is 9.84. The van der Waals surface area contributed by atoms with Crippen molar-refractivity contribution in [1.82, 2.24) is 4.90 Å². The van der Waals surface area contributed by atoms with Crippen molar-refractivity contribution < 1.29 is 15.0 Å².